The Morgan fingerprint density at radius 2 is 1.50 bits per heavy atom. The Morgan fingerprint density at radius 3 is 2.31 bits per heavy atom. The Hall–Kier alpha value is -2.54. The molecule has 0 bridgehead atoms. The molecule has 0 saturated heterocycles. The lowest BCUT2D eigenvalue weighted by molar-refractivity contribution is 0.806. The maximum absolute atomic E-state index is 2.60. The zero-order chi connectivity index (χ0) is 17.8. The fourth-order valence-electron chi connectivity index (χ4n) is 3.99. The first-order valence-corrected chi connectivity index (χ1v) is 9.75. The van der Waals surface area contributed by atoms with Gasteiger partial charge in [-0.05, 0) is 54.9 Å². The third-order valence-corrected chi connectivity index (χ3v) is 5.49. The van der Waals surface area contributed by atoms with Crippen LogP contribution in [-0.2, 0) is 25.7 Å². The van der Waals surface area contributed by atoms with Crippen molar-refractivity contribution in [3.05, 3.63) is 101 Å². The average molecular weight is 341 g/mol. The van der Waals surface area contributed by atoms with E-state index in [0.29, 0.717) is 0 Å². The summed E-state index contributed by atoms with van der Waals surface area (Å²) in [7, 11) is 0. The van der Waals surface area contributed by atoms with Crippen molar-refractivity contribution in [2.75, 3.05) is 18.0 Å². The van der Waals surface area contributed by atoms with Crippen LogP contribution in [0.4, 0.5) is 5.69 Å². The fraction of sp³-hybridized carbons (Fsp3) is 0.280. The van der Waals surface area contributed by atoms with Crippen molar-refractivity contribution in [3.63, 3.8) is 0 Å². The Labute approximate surface area is 157 Å². The normalized spacial score (nSPS) is 13.0. The molecule has 0 amide bonds. The number of hydrogen-bond acceptors (Lipinski definition) is 1. The Morgan fingerprint density at radius 1 is 0.731 bits per heavy atom. The molecule has 0 aliphatic carbocycles. The molecule has 1 nitrogen and oxygen atoms in total. The molecule has 4 rings (SSSR count). The molecule has 1 aliphatic rings. The van der Waals surface area contributed by atoms with E-state index >= 15 is 0 Å². The van der Waals surface area contributed by atoms with Crippen LogP contribution in [-0.4, -0.2) is 13.1 Å². The van der Waals surface area contributed by atoms with Gasteiger partial charge in [-0.3, -0.25) is 0 Å². The summed E-state index contributed by atoms with van der Waals surface area (Å²) in [5.41, 5.74) is 8.74. The molecule has 0 fully saturated rings. The van der Waals surface area contributed by atoms with Gasteiger partial charge in [0.05, 0.1) is 0 Å². The molecule has 0 aromatic heterocycles. The lowest BCUT2D eigenvalue weighted by atomic mass is 9.99. The lowest BCUT2D eigenvalue weighted by Gasteiger charge is -2.22. The van der Waals surface area contributed by atoms with Crippen LogP contribution in [0.1, 0.15) is 27.8 Å². The van der Waals surface area contributed by atoms with Gasteiger partial charge < -0.3 is 4.90 Å². The van der Waals surface area contributed by atoms with Crippen LogP contribution < -0.4 is 4.90 Å². The van der Waals surface area contributed by atoms with Crippen LogP contribution in [0.15, 0.2) is 72.8 Å². The van der Waals surface area contributed by atoms with E-state index in [1.165, 1.54) is 39.9 Å². The van der Waals surface area contributed by atoms with E-state index in [0.717, 1.165) is 32.4 Å². The third kappa shape index (κ3) is 3.83. The van der Waals surface area contributed by atoms with E-state index in [1.54, 1.807) is 0 Å². The van der Waals surface area contributed by atoms with Crippen LogP contribution >= 0.6 is 0 Å². The second-order valence-corrected chi connectivity index (χ2v) is 7.38. The molecule has 0 N–H and O–H groups in total. The Balaban J connectivity index is 1.47. The number of benzene rings is 3. The van der Waals surface area contributed by atoms with Crippen LogP contribution in [0, 0.1) is 6.92 Å². The van der Waals surface area contributed by atoms with Crippen LogP contribution in [0.3, 0.4) is 0 Å². The molecule has 1 aliphatic heterocycles. The summed E-state index contributed by atoms with van der Waals surface area (Å²) >= 11 is 0. The zero-order valence-electron chi connectivity index (χ0n) is 15.6. The minimum atomic E-state index is 1.11. The molecule has 0 saturated carbocycles. The summed E-state index contributed by atoms with van der Waals surface area (Å²) < 4.78 is 0. The van der Waals surface area contributed by atoms with E-state index in [1.807, 2.05) is 0 Å². The molecule has 1 heterocycles. The molecule has 3 aromatic rings. The van der Waals surface area contributed by atoms with Crippen LogP contribution in [0.25, 0.3) is 0 Å². The SMILES string of the molecule is Cc1ccc(CCc2cccc3c2N(CCc2ccccc2)CC3)cc1. The molecule has 0 radical (unpaired) electrons. The Bertz CT molecular complexity index is 849. The van der Waals surface area contributed by atoms with Gasteiger partial charge in [0.25, 0.3) is 0 Å². The van der Waals surface area contributed by atoms with Gasteiger partial charge in [-0.25, -0.2) is 0 Å². The van der Waals surface area contributed by atoms with Gasteiger partial charge in [-0.1, -0.05) is 78.4 Å². The number of para-hydroxylation sites is 1. The van der Waals surface area contributed by atoms with Crippen molar-refractivity contribution in [3.8, 4) is 0 Å². The van der Waals surface area contributed by atoms with Gasteiger partial charge in [0, 0.05) is 18.8 Å². The highest BCUT2D eigenvalue weighted by Gasteiger charge is 2.21. The van der Waals surface area contributed by atoms with Gasteiger partial charge >= 0.3 is 0 Å². The summed E-state index contributed by atoms with van der Waals surface area (Å²) in [6, 6.07) is 26.7. The maximum Gasteiger partial charge on any atom is 0.0432 e. The first kappa shape index (κ1) is 16.9. The summed E-state index contributed by atoms with van der Waals surface area (Å²) in [5.74, 6) is 0. The van der Waals surface area contributed by atoms with Crippen LogP contribution in [0.5, 0.6) is 0 Å². The van der Waals surface area contributed by atoms with E-state index in [4.69, 9.17) is 0 Å². The molecule has 3 aromatic carbocycles. The molecule has 1 heteroatoms. The van der Waals surface area contributed by atoms with Gasteiger partial charge in [-0.15, -0.1) is 0 Å². The van der Waals surface area contributed by atoms with Gasteiger partial charge in [0.2, 0.25) is 0 Å². The highest BCUT2D eigenvalue weighted by Crippen LogP contribution is 2.32. The number of rotatable bonds is 6. The fourth-order valence-corrected chi connectivity index (χ4v) is 3.99. The average Bonchev–Trinajstić information content (AvgIpc) is 3.10. The number of anilines is 1. The first-order valence-electron chi connectivity index (χ1n) is 9.75. The smallest absolute Gasteiger partial charge is 0.0432 e. The van der Waals surface area contributed by atoms with E-state index < -0.39 is 0 Å². The topological polar surface area (TPSA) is 3.24 Å². The van der Waals surface area contributed by atoms with Gasteiger partial charge in [0.15, 0.2) is 0 Å². The molecule has 132 valence electrons. The standard InChI is InChI=1S/C25H27N/c1-20-10-12-22(13-11-20)14-15-23-8-5-9-24-17-19-26(25(23)24)18-16-21-6-3-2-4-7-21/h2-13H,14-19H2,1H3. The van der Waals surface area contributed by atoms with Crippen molar-refractivity contribution in [1.29, 1.82) is 0 Å². The van der Waals surface area contributed by atoms with Crippen molar-refractivity contribution in [1.82, 2.24) is 0 Å². The predicted molar refractivity (Wildman–Crippen MR) is 111 cm³/mol. The minimum Gasteiger partial charge on any atom is -0.370 e. The highest BCUT2D eigenvalue weighted by molar-refractivity contribution is 5.63. The van der Waals surface area contributed by atoms with Crippen molar-refractivity contribution in [2.24, 2.45) is 0 Å². The minimum absolute atomic E-state index is 1.11. The molecule has 26 heavy (non-hydrogen) atoms. The summed E-state index contributed by atoms with van der Waals surface area (Å²) in [5, 5.41) is 0. The molecular formula is C25H27N. The maximum atomic E-state index is 2.60. The third-order valence-electron chi connectivity index (χ3n) is 5.49. The monoisotopic (exact) mass is 341 g/mol. The van der Waals surface area contributed by atoms with E-state index in [-0.39, 0.29) is 0 Å². The molecular weight excluding hydrogens is 314 g/mol. The first-order chi connectivity index (χ1) is 12.8. The quantitative estimate of drug-likeness (QED) is 0.581. The van der Waals surface area contributed by atoms with Gasteiger partial charge in [-0.2, -0.15) is 0 Å². The Kier molecular flexibility index (Phi) is 5.06. The van der Waals surface area contributed by atoms with Crippen molar-refractivity contribution >= 4 is 5.69 Å². The van der Waals surface area contributed by atoms with Crippen molar-refractivity contribution in [2.45, 2.75) is 32.6 Å². The summed E-state index contributed by atoms with van der Waals surface area (Å²) in [6.07, 6.45) is 4.53. The molecule has 0 spiro atoms. The second-order valence-electron chi connectivity index (χ2n) is 7.38. The lowest BCUT2D eigenvalue weighted by Crippen LogP contribution is -2.24. The van der Waals surface area contributed by atoms with E-state index in [2.05, 4.69) is 84.6 Å². The van der Waals surface area contributed by atoms with Gasteiger partial charge in [0.1, 0.15) is 0 Å². The zero-order valence-corrected chi connectivity index (χ0v) is 15.6. The molecule has 0 unspecified atom stereocenters. The second kappa shape index (κ2) is 7.78. The number of nitrogens with zero attached hydrogens (tertiary/aromatic N) is 1. The largest absolute Gasteiger partial charge is 0.370 e. The summed E-state index contributed by atoms with van der Waals surface area (Å²) in [6.45, 7) is 4.42. The van der Waals surface area contributed by atoms with Crippen molar-refractivity contribution < 1.29 is 0 Å². The van der Waals surface area contributed by atoms with E-state index in [9.17, 15) is 0 Å². The predicted octanol–water partition coefficient (Wildman–Crippen LogP) is 5.39. The number of fused-ring (bicyclic) bond motifs is 1. The number of hydrogen-bond donors (Lipinski definition) is 0. The highest BCUT2D eigenvalue weighted by atomic mass is 15.1. The summed E-state index contributed by atoms with van der Waals surface area (Å²) in [4.78, 5) is 2.60. The van der Waals surface area contributed by atoms with Crippen LogP contribution in [0.2, 0.25) is 0 Å². The molecule has 0 atom stereocenters. The number of aryl methyl sites for hydroxylation is 3.